The van der Waals surface area contributed by atoms with Crippen molar-refractivity contribution in [3.63, 3.8) is 0 Å². The molecule has 1 aromatic heterocycles. The van der Waals surface area contributed by atoms with Crippen LogP contribution in [-0.2, 0) is 22.4 Å². The highest BCUT2D eigenvalue weighted by Gasteiger charge is 2.26. The number of hydrogen-bond donors (Lipinski definition) is 3. The van der Waals surface area contributed by atoms with E-state index < -0.39 is 0 Å². The normalized spacial score (nSPS) is 12.6. The Balaban J connectivity index is 1.37. The predicted molar refractivity (Wildman–Crippen MR) is 160 cm³/mol. The van der Waals surface area contributed by atoms with Crippen LogP contribution >= 0.6 is 35.3 Å². The van der Waals surface area contributed by atoms with Gasteiger partial charge < -0.3 is 25.4 Å². The first kappa shape index (κ1) is 27.9. The average molecular weight is 570 g/mol. The molecule has 38 heavy (non-hydrogen) atoms. The number of ether oxygens (including phenoxy) is 2. The van der Waals surface area contributed by atoms with Crippen molar-refractivity contribution in [1.82, 2.24) is 0 Å². The van der Waals surface area contributed by atoms with Crippen LogP contribution < -0.4 is 20.7 Å². The van der Waals surface area contributed by atoms with Crippen molar-refractivity contribution in [2.45, 2.75) is 43.9 Å². The van der Waals surface area contributed by atoms with E-state index in [1.807, 2.05) is 48.5 Å². The Kier molecular flexibility index (Phi) is 10.0. The monoisotopic (exact) mass is 569 g/mol. The van der Waals surface area contributed by atoms with Crippen molar-refractivity contribution in [2.75, 3.05) is 35.4 Å². The lowest BCUT2D eigenvalue weighted by atomic mass is 10.1. The Hall–Kier alpha value is -3.08. The second-order valence-electron chi connectivity index (χ2n) is 8.63. The fourth-order valence-electron chi connectivity index (χ4n) is 4.26. The van der Waals surface area contributed by atoms with E-state index in [1.54, 1.807) is 14.0 Å². The van der Waals surface area contributed by atoms with Gasteiger partial charge in [-0.1, -0.05) is 24.6 Å². The summed E-state index contributed by atoms with van der Waals surface area (Å²) in [6, 6.07) is 15.2. The third-order valence-electron chi connectivity index (χ3n) is 5.97. The van der Waals surface area contributed by atoms with E-state index >= 15 is 0 Å². The van der Waals surface area contributed by atoms with Gasteiger partial charge in [0.05, 0.1) is 30.7 Å². The lowest BCUT2D eigenvalue weighted by Gasteiger charge is -2.14. The molecular weight excluding hydrogens is 539 g/mol. The number of nitrogens with one attached hydrogen (secondary N) is 3. The average Bonchev–Trinajstić information content (AvgIpc) is 3.08. The van der Waals surface area contributed by atoms with Crippen LogP contribution in [0.15, 0.2) is 53.4 Å². The molecule has 2 aromatic carbocycles. The molecule has 1 aliphatic carbocycles. The highest BCUT2D eigenvalue weighted by molar-refractivity contribution is 8.00. The van der Waals surface area contributed by atoms with E-state index in [1.165, 1.54) is 28.0 Å². The molecule has 0 unspecified atom stereocenters. The lowest BCUT2D eigenvalue weighted by Crippen LogP contribution is -2.19. The maximum atomic E-state index is 12.9. The van der Waals surface area contributed by atoms with Gasteiger partial charge in [0, 0.05) is 15.5 Å². The summed E-state index contributed by atoms with van der Waals surface area (Å²) in [5.74, 6) is 0.383. The second kappa shape index (κ2) is 13.6. The molecule has 3 aromatic rings. The number of hydrogen-bond acceptors (Lipinski definition) is 7. The van der Waals surface area contributed by atoms with Crippen molar-refractivity contribution in [3.8, 4) is 5.75 Å². The van der Waals surface area contributed by atoms with Crippen molar-refractivity contribution >= 4 is 68.7 Å². The summed E-state index contributed by atoms with van der Waals surface area (Å²) in [4.78, 5) is 27.7. The van der Waals surface area contributed by atoms with Crippen molar-refractivity contribution < 1.29 is 19.1 Å². The fourth-order valence-corrected chi connectivity index (χ4v) is 6.53. The number of thioether (sulfide) groups is 1. The summed E-state index contributed by atoms with van der Waals surface area (Å²) in [6.07, 6.45) is 5.07. The lowest BCUT2D eigenvalue weighted by molar-refractivity contribution is -0.113. The smallest absolute Gasteiger partial charge is 0.341 e. The number of para-hydroxylation sites is 2. The number of fused-ring (bicyclic) bond motifs is 1. The van der Waals surface area contributed by atoms with Crippen LogP contribution in [-0.4, -0.2) is 36.5 Å². The Bertz CT molecular complexity index is 1310. The molecule has 0 spiro atoms. The van der Waals surface area contributed by atoms with Crippen LogP contribution in [0.1, 0.15) is 47.0 Å². The number of benzene rings is 2. The summed E-state index contributed by atoms with van der Waals surface area (Å²) in [6.45, 7) is 2.09. The van der Waals surface area contributed by atoms with E-state index in [-0.39, 0.29) is 17.6 Å². The molecule has 0 atom stereocenters. The summed E-state index contributed by atoms with van der Waals surface area (Å²) < 4.78 is 10.7. The molecule has 0 saturated heterocycles. The highest BCUT2D eigenvalue weighted by Crippen LogP contribution is 2.38. The Morgan fingerprint density at radius 3 is 2.66 bits per heavy atom. The van der Waals surface area contributed by atoms with Crippen molar-refractivity contribution in [2.24, 2.45) is 0 Å². The third kappa shape index (κ3) is 7.27. The molecule has 7 nitrogen and oxygen atoms in total. The Labute approximate surface area is 236 Å². The molecule has 200 valence electrons. The predicted octanol–water partition coefficient (Wildman–Crippen LogP) is 6.74. The first-order valence-corrected chi connectivity index (χ1v) is 14.7. The summed E-state index contributed by atoms with van der Waals surface area (Å²) in [7, 11) is 1.61. The van der Waals surface area contributed by atoms with E-state index in [0.29, 0.717) is 28.0 Å². The quantitative estimate of drug-likeness (QED) is 0.113. The third-order valence-corrected chi connectivity index (χ3v) is 8.38. The van der Waals surface area contributed by atoms with Crippen LogP contribution in [0, 0.1) is 0 Å². The molecule has 4 rings (SSSR count). The van der Waals surface area contributed by atoms with Crippen LogP contribution in [0.5, 0.6) is 5.75 Å². The second-order valence-corrected chi connectivity index (χ2v) is 11.2. The molecule has 0 fully saturated rings. The molecule has 1 amide bonds. The standard InChI is InChI=1S/C28H31N3O4S3/c1-3-35-27(33)25-20-12-5-4-6-15-23(20)38-26(25)31-24(32)17-37-19-11-9-10-18(16-19)29-28(36)30-21-13-7-8-14-22(21)34-2/h7-11,13-14,16H,3-6,12,15,17H2,1-2H3,(H,31,32)(H2,29,30,36). The van der Waals surface area contributed by atoms with Gasteiger partial charge in [-0.15, -0.1) is 23.1 Å². The summed E-state index contributed by atoms with van der Waals surface area (Å²) >= 11 is 8.38. The number of rotatable bonds is 9. The number of carbonyl (C=O) groups is 2. The number of amides is 1. The number of anilines is 3. The number of methoxy groups -OCH3 is 1. The first-order chi connectivity index (χ1) is 18.5. The number of thiophene rings is 1. The van der Waals surface area contributed by atoms with E-state index in [4.69, 9.17) is 21.7 Å². The summed E-state index contributed by atoms with van der Waals surface area (Å²) in [5.41, 5.74) is 3.15. The van der Waals surface area contributed by atoms with Gasteiger partial charge in [-0.3, -0.25) is 4.79 Å². The van der Waals surface area contributed by atoms with Gasteiger partial charge in [-0.25, -0.2) is 4.79 Å². The van der Waals surface area contributed by atoms with E-state index in [9.17, 15) is 9.59 Å². The van der Waals surface area contributed by atoms with Gasteiger partial charge in [0.15, 0.2) is 5.11 Å². The molecule has 0 saturated carbocycles. The van der Waals surface area contributed by atoms with Gasteiger partial charge in [-0.2, -0.15) is 0 Å². The molecule has 1 heterocycles. The number of esters is 1. The first-order valence-electron chi connectivity index (χ1n) is 12.5. The topological polar surface area (TPSA) is 88.7 Å². The van der Waals surface area contributed by atoms with Gasteiger partial charge in [0.25, 0.3) is 0 Å². The van der Waals surface area contributed by atoms with Crippen LogP contribution in [0.3, 0.4) is 0 Å². The minimum absolute atomic E-state index is 0.163. The SMILES string of the molecule is CCOC(=O)c1c(NC(=O)CSc2cccc(NC(=S)Nc3ccccc3OC)c2)sc2c1CCCCC2. The number of carbonyl (C=O) groups excluding carboxylic acids is 2. The minimum atomic E-state index is -0.355. The maximum absolute atomic E-state index is 12.9. The van der Waals surface area contributed by atoms with Gasteiger partial charge in [0.1, 0.15) is 10.8 Å². The minimum Gasteiger partial charge on any atom is -0.495 e. The zero-order chi connectivity index (χ0) is 26.9. The number of aryl methyl sites for hydroxylation is 1. The van der Waals surface area contributed by atoms with Crippen LogP contribution in [0.2, 0.25) is 0 Å². The zero-order valence-electron chi connectivity index (χ0n) is 21.4. The van der Waals surface area contributed by atoms with Crippen molar-refractivity contribution in [3.05, 3.63) is 64.5 Å². The molecular formula is C28H31N3O4S3. The van der Waals surface area contributed by atoms with Crippen LogP contribution in [0.4, 0.5) is 16.4 Å². The summed E-state index contributed by atoms with van der Waals surface area (Å²) in [5, 5.41) is 10.3. The van der Waals surface area contributed by atoms with Gasteiger partial charge in [0.2, 0.25) is 5.91 Å². The van der Waals surface area contributed by atoms with Crippen LogP contribution in [0.25, 0.3) is 0 Å². The molecule has 10 heteroatoms. The van der Waals surface area contributed by atoms with Gasteiger partial charge >= 0.3 is 5.97 Å². The Morgan fingerprint density at radius 1 is 1.03 bits per heavy atom. The zero-order valence-corrected chi connectivity index (χ0v) is 23.9. The maximum Gasteiger partial charge on any atom is 0.341 e. The molecule has 3 N–H and O–H groups in total. The Morgan fingerprint density at radius 2 is 1.84 bits per heavy atom. The molecule has 0 radical (unpaired) electrons. The molecule has 0 bridgehead atoms. The van der Waals surface area contributed by atoms with E-state index in [2.05, 4.69) is 16.0 Å². The largest absolute Gasteiger partial charge is 0.495 e. The van der Waals surface area contributed by atoms with Crippen molar-refractivity contribution in [1.29, 1.82) is 0 Å². The molecule has 1 aliphatic rings. The fraction of sp³-hybridized carbons (Fsp3) is 0.321. The molecule has 0 aliphatic heterocycles. The number of thiocarbonyl (C=S) groups is 1. The highest BCUT2D eigenvalue weighted by atomic mass is 32.2. The van der Waals surface area contributed by atoms with E-state index in [0.717, 1.165) is 53.9 Å². The van der Waals surface area contributed by atoms with Gasteiger partial charge in [-0.05, 0) is 80.7 Å².